The summed E-state index contributed by atoms with van der Waals surface area (Å²) in [5, 5.41) is 2.77. The van der Waals surface area contributed by atoms with Gasteiger partial charge in [-0.25, -0.2) is 8.42 Å². The van der Waals surface area contributed by atoms with E-state index in [2.05, 4.69) is 10.3 Å². The van der Waals surface area contributed by atoms with E-state index in [1.165, 1.54) is 18.3 Å². The van der Waals surface area contributed by atoms with Gasteiger partial charge in [0.1, 0.15) is 9.84 Å². The first-order valence-electron chi connectivity index (χ1n) is 5.66. The van der Waals surface area contributed by atoms with E-state index in [1.807, 2.05) is 0 Å². The number of H-pyrrole nitrogens is 1. The molecule has 1 fully saturated rings. The quantitative estimate of drug-likeness (QED) is 0.770. The van der Waals surface area contributed by atoms with E-state index in [0.29, 0.717) is 18.4 Å². The van der Waals surface area contributed by atoms with Gasteiger partial charge in [0.05, 0.1) is 17.1 Å². The lowest BCUT2D eigenvalue weighted by Gasteiger charge is -2.22. The van der Waals surface area contributed by atoms with Crippen molar-refractivity contribution in [3.63, 3.8) is 0 Å². The summed E-state index contributed by atoms with van der Waals surface area (Å²) in [7, 11) is -2.92. The van der Waals surface area contributed by atoms with Gasteiger partial charge < -0.3 is 10.3 Å². The highest BCUT2D eigenvalue weighted by Crippen LogP contribution is 2.12. The fraction of sp³-hybridized carbons (Fsp3) is 0.455. The Kier molecular flexibility index (Phi) is 3.51. The van der Waals surface area contributed by atoms with E-state index in [-0.39, 0.29) is 29.0 Å². The van der Waals surface area contributed by atoms with Gasteiger partial charge in [-0.2, -0.15) is 0 Å². The highest BCUT2D eigenvalue weighted by atomic mass is 32.2. The highest BCUT2D eigenvalue weighted by molar-refractivity contribution is 7.91. The Morgan fingerprint density at radius 3 is 2.50 bits per heavy atom. The molecule has 0 bridgehead atoms. The Balaban J connectivity index is 1.96. The number of carbonyl (C=O) groups excluding carboxylic acids is 1. The summed E-state index contributed by atoms with van der Waals surface area (Å²) in [6, 6.07) is 2.60. The van der Waals surface area contributed by atoms with Gasteiger partial charge in [-0.15, -0.1) is 0 Å². The maximum absolute atomic E-state index is 11.8. The molecule has 1 aliphatic heterocycles. The third kappa shape index (κ3) is 3.19. The van der Waals surface area contributed by atoms with E-state index in [4.69, 9.17) is 0 Å². The summed E-state index contributed by atoms with van der Waals surface area (Å²) in [4.78, 5) is 25.1. The number of aromatic amines is 1. The second kappa shape index (κ2) is 4.93. The second-order valence-corrected chi connectivity index (χ2v) is 6.64. The number of hydrogen-bond acceptors (Lipinski definition) is 4. The molecule has 98 valence electrons. The molecule has 1 aromatic rings. The molecule has 0 saturated carbocycles. The first-order chi connectivity index (χ1) is 8.46. The Morgan fingerprint density at radius 2 is 1.94 bits per heavy atom. The van der Waals surface area contributed by atoms with Crippen molar-refractivity contribution in [2.75, 3.05) is 11.5 Å². The predicted molar refractivity (Wildman–Crippen MR) is 66.2 cm³/mol. The summed E-state index contributed by atoms with van der Waals surface area (Å²) < 4.78 is 22.5. The summed E-state index contributed by atoms with van der Waals surface area (Å²) in [6.07, 6.45) is 2.23. The normalized spacial score (nSPS) is 19.3. The number of hydrogen-bond donors (Lipinski definition) is 2. The summed E-state index contributed by atoms with van der Waals surface area (Å²) in [5.74, 6) is -0.0665. The topological polar surface area (TPSA) is 96.1 Å². The molecule has 0 atom stereocenters. The molecular weight excluding hydrogens is 256 g/mol. The zero-order chi connectivity index (χ0) is 13.2. The third-order valence-corrected chi connectivity index (χ3v) is 4.65. The number of pyridine rings is 1. The molecule has 2 heterocycles. The number of amides is 1. The largest absolute Gasteiger partial charge is 0.349 e. The Hall–Kier alpha value is -1.63. The van der Waals surface area contributed by atoms with Crippen LogP contribution in [0.15, 0.2) is 23.1 Å². The first-order valence-corrected chi connectivity index (χ1v) is 7.48. The lowest BCUT2D eigenvalue weighted by Crippen LogP contribution is -2.40. The second-order valence-electron chi connectivity index (χ2n) is 4.34. The van der Waals surface area contributed by atoms with E-state index >= 15 is 0 Å². The fourth-order valence-electron chi connectivity index (χ4n) is 1.85. The van der Waals surface area contributed by atoms with Crippen LogP contribution in [0, 0.1) is 0 Å². The molecule has 0 aromatic carbocycles. The van der Waals surface area contributed by atoms with Crippen molar-refractivity contribution >= 4 is 15.7 Å². The molecule has 0 unspecified atom stereocenters. The van der Waals surface area contributed by atoms with Crippen LogP contribution in [-0.2, 0) is 9.84 Å². The van der Waals surface area contributed by atoms with Crippen molar-refractivity contribution in [1.29, 1.82) is 0 Å². The molecule has 1 saturated heterocycles. The van der Waals surface area contributed by atoms with Crippen molar-refractivity contribution in [2.45, 2.75) is 18.9 Å². The lowest BCUT2D eigenvalue weighted by molar-refractivity contribution is 0.0934. The fourth-order valence-corrected chi connectivity index (χ4v) is 3.35. The molecule has 1 amide bonds. The molecule has 6 nitrogen and oxygen atoms in total. The molecule has 1 aromatic heterocycles. The lowest BCUT2D eigenvalue weighted by atomic mass is 10.1. The maximum atomic E-state index is 11.8. The van der Waals surface area contributed by atoms with Crippen LogP contribution in [-0.4, -0.2) is 36.9 Å². The van der Waals surface area contributed by atoms with Crippen LogP contribution >= 0.6 is 0 Å². The minimum absolute atomic E-state index is 0.115. The molecule has 1 aliphatic rings. The van der Waals surface area contributed by atoms with Crippen molar-refractivity contribution in [2.24, 2.45) is 0 Å². The van der Waals surface area contributed by atoms with Crippen LogP contribution in [0.5, 0.6) is 0 Å². The molecule has 7 heteroatoms. The molecular formula is C11H14N2O4S. The Morgan fingerprint density at radius 1 is 1.28 bits per heavy atom. The van der Waals surface area contributed by atoms with Crippen molar-refractivity contribution < 1.29 is 13.2 Å². The average molecular weight is 270 g/mol. The van der Waals surface area contributed by atoms with Crippen LogP contribution in [0.1, 0.15) is 23.2 Å². The van der Waals surface area contributed by atoms with E-state index in [0.717, 1.165) is 0 Å². The Labute approximate surface area is 104 Å². The highest BCUT2D eigenvalue weighted by Gasteiger charge is 2.24. The smallest absolute Gasteiger partial charge is 0.252 e. The summed E-state index contributed by atoms with van der Waals surface area (Å²) in [6.45, 7) is 0. The van der Waals surface area contributed by atoms with Gasteiger partial charge in [0, 0.05) is 18.3 Å². The van der Waals surface area contributed by atoms with Crippen LogP contribution in [0.4, 0.5) is 0 Å². The van der Waals surface area contributed by atoms with Crippen molar-refractivity contribution in [3.05, 3.63) is 34.2 Å². The minimum atomic E-state index is -2.92. The molecule has 2 rings (SSSR count). The van der Waals surface area contributed by atoms with Gasteiger partial charge in [0.15, 0.2) is 0 Å². The molecule has 2 N–H and O–H groups in total. The third-order valence-electron chi connectivity index (χ3n) is 2.94. The van der Waals surface area contributed by atoms with Gasteiger partial charge in [-0.3, -0.25) is 9.59 Å². The zero-order valence-electron chi connectivity index (χ0n) is 9.68. The number of nitrogens with one attached hydrogen (secondary N) is 2. The number of sulfone groups is 1. The van der Waals surface area contributed by atoms with Crippen LogP contribution in [0.2, 0.25) is 0 Å². The van der Waals surface area contributed by atoms with Crippen LogP contribution in [0.25, 0.3) is 0 Å². The average Bonchev–Trinajstić information content (AvgIpc) is 2.33. The number of aromatic nitrogens is 1. The van der Waals surface area contributed by atoms with Gasteiger partial charge in [0.2, 0.25) is 5.56 Å². The van der Waals surface area contributed by atoms with Crippen LogP contribution in [0.3, 0.4) is 0 Å². The number of rotatable bonds is 2. The van der Waals surface area contributed by atoms with Gasteiger partial charge >= 0.3 is 0 Å². The van der Waals surface area contributed by atoms with Crippen molar-refractivity contribution in [3.8, 4) is 0 Å². The summed E-state index contributed by atoms with van der Waals surface area (Å²) in [5.41, 5.74) is 0.0957. The molecule has 0 spiro atoms. The molecule has 18 heavy (non-hydrogen) atoms. The van der Waals surface area contributed by atoms with E-state index < -0.39 is 9.84 Å². The minimum Gasteiger partial charge on any atom is -0.349 e. The Bertz CT molecular complexity index is 571. The van der Waals surface area contributed by atoms with Gasteiger partial charge in [-0.1, -0.05) is 0 Å². The zero-order valence-corrected chi connectivity index (χ0v) is 10.5. The number of carbonyl (C=O) groups is 1. The van der Waals surface area contributed by atoms with E-state index in [1.54, 1.807) is 0 Å². The standard InChI is InChI=1S/C11H14N2O4S/c14-10-2-1-8(7-12-10)11(15)13-9-3-5-18(16,17)6-4-9/h1-2,7,9H,3-6H2,(H,12,14)(H,13,15). The van der Waals surface area contributed by atoms with Crippen LogP contribution < -0.4 is 10.9 Å². The van der Waals surface area contributed by atoms with Gasteiger partial charge in [-0.05, 0) is 18.9 Å². The van der Waals surface area contributed by atoms with Crippen molar-refractivity contribution in [1.82, 2.24) is 10.3 Å². The predicted octanol–water partition coefficient (Wildman–Crippen LogP) is -0.318. The monoisotopic (exact) mass is 270 g/mol. The summed E-state index contributed by atoms with van der Waals surface area (Å²) >= 11 is 0. The van der Waals surface area contributed by atoms with E-state index in [9.17, 15) is 18.0 Å². The van der Waals surface area contributed by atoms with Gasteiger partial charge in [0.25, 0.3) is 5.91 Å². The first kappa shape index (κ1) is 12.8. The molecule has 0 aliphatic carbocycles. The molecule has 0 radical (unpaired) electrons. The maximum Gasteiger partial charge on any atom is 0.252 e. The SMILES string of the molecule is O=C(NC1CCS(=O)(=O)CC1)c1ccc(=O)[nH]c1.